The van der Waals surface area contributed by atoms with E-state index < -0.39 is 0 Å². The molecule has 7 heteroatoms. The van der Waals surface area contributed by atoms with Crippen LogP contribution in [-0.4, -0.2) is 37.3 Å². The summed E-state index contributed by atoms with van der Waals surface area (Å²) >= 11 is 1.60. The van der Waals surface area contributed by atoms with Crippen LogP contribution < -0.4 is 19.7 Å². The number of aryl methyl sites for hydroxylation is 1. The lowest BCUT2D eigenvalue weighted by Gasteiger charge is -2.22. The first-order valence-electron chi connectivity index (χ1n) is 10.7. The molecular formula is C25H28N4O2S. The zero-order chi connectivity index (χ0) is 22.7. The van der Waals surface area contributed by atoms with Gasteiger partial charge in [0, 0.05) is 35.4 Å². The number of nitrogens with one attached hydrogen (secondary N) is 1. The fraction of sp³-hybridized carbons (Fsp3) is 0.280. The molecule has 0 atom stereocenters. The number of methoxy groups -OCH3 is 2. The molecule has 0 aliphatic heterocycles. The maximum atomic E-state index is 5.51. The third-order valence-corrected chi connectivity index (χ3v) is 6.54. The molecule has 1 N–H and O–H groups in total. The van der Waals surface area contributed by atoms with Crippen LogP contribution in [0.1, 0.15) is 19.4 Å². The molecule has 2 aromatic heterocycles. The van der Waals surface area contributed by atoms with Crippen LogP contribution >= 0.6 is 11.3 Å². The van der Waals surface area contributed by atoms with E-state index in [2.05, 4.69) is 64.5 Å². The van der Waals surface area contributed by atoms with Gasteiger partial charge in [-0.25, -0.2) is 9.97 Å². The molecule has 0 aliphatic rings. The molecule has 0 spiro atoms. The molecule has 0 unspecified atom stereocenters. The molecule has 4 rings (SSSR count). The first-order valence-corrected chi connectivity index (χ1v) is 11.5. The number of ether oxygens (including phenoxy) is 2. The van der Waals surface area contributed by atoms with Crippen LogP contribution in [0.25, 0.3) is 21.3 Å². The Hall–Kier alpha value is -3.32. The lowest BCUT2D eigenvalue weighted by molar-refractivity contribution is 0.355. The Bertz CT molecular complexity index is 1230. The second-order valence-electron chi connectivity index (χ2n) is 7.42. The van der Waals surface area contributed by atoms with Crippen molar-refractivity contribution in [2.45, 2.75) is 20.8 Å². The van der Waals surface area contributed by atoms with Gasteiger partial charge in [0.15, 0.2) is 11.5 Å². The van der Waals surface area contributed by atoms with Gasteiger partial charge >= 0.3 is 0 Å². The smallest absolute Gasteiger partial charge is 0.161 e. The molecule has 0 saturated heterocycles. The van der Waals surface area contributed by atoms with E-state index in [-0.39, 0.29) is 0 Å². The SMILES string of the molecule is CCN(CC)c1ccc(Nc2ncnc3scc(-c4ccc(OC)c(OC)c4)c23)c(C)c1. The lowest BCUT2D eigenvalue weighted by atomic mass is 10.0. The van der Waals surface area contributed by atoms with Crippen LogP contribution in [0.2, 0.25) is 0 Å². The summed E-state index contributed by atoms with van der Waals surface area (Å²) in [5.74, 6) is 2.19. The summed E-state index contributed by atoms with van der Waals surface area (Å²) in [6, 6.07) is 12.4. The summed E-state index contributed by atoms with van der Waals surface area (Å²) < 4.78 is 10.9. The molecule has 6 nitrogen and oxygen atoms in total. The molecule has 32 heavy (non-hydrogen) atoms. The quantitative estimate of drug-likeness (QED) is 0.343. The number of anilines is 3. The van der Waals surface area contributed by atoms with Gasteiger partial charge < -0.3 is 19.7 Å². The Labute approximate surface area is 192 Å². The molecule has 2 heterocycles. The van der Waals surface area contributed by atoms with Crippen LogP contribution in [0.4, 0.5) is 17.2 Å². The second-order valence-corrected chi connectivity index (χ2v) is 8.28. The fourth-order valence-electron chi connectivity index (χ4n) is 3.89. The first-order chi connectivity index (χ1) is 15.6. The summed E-state index contributed by atoms with van der Waals surface area (Å²) in [7, 11) is 3.29. The van der Waals surface area contributed by atoms with Crippen molar-refractivity contribution in [3.8, 4) is 22.6 Å². The van der Waals surface area contributed by atoms with Crippen molar-refractivity contribution in [3.05, 3.63) is 53.7 Å². The summed E-state index contributed by atoms with van der Waals surface area (Å²) in [6.07, 6.45) is 1.61. The average molecular weight is 449 g/mol. The van der Waals surface area contributed by atoms with Crippen molar-refractivity contribution in [1.82, 2.24) is 9.97 Å². The zero-order valence-corrected chi connectivity index (χ0v) is 19.9. The zero-order valence-electron chi connectivity index (χ0n) is 19.1. The van der Waals surface area contributed by atoms with Gasteiger partial charge in [0.25, 0.3) is 0 Å². The molecule has 0 saturated carbocycles. The number of benzene rings is 2. The summed E-state index contributed by atoms with van der Waals surface area (Å²) in [6.45, 7) is 8.44. The van der Waals surface area contributed by atoms with E-state index in [9.17, 15) is 0 Å². The third-order valence-electron chi connectivity index (χ3n) is 5.66. The van der Waals surface area contributed by atoms with E-state index in [4.69, 9.17) is 9.47 Å². The van der Waals surface area contributed by atoms with Gasteiger partial charge in [0.05, 0.1) is 19.6 Å². The van der Waals surface area contributed by atoms with Gasteiger partial charge in [-0.05, 0) is 62.2 Å². The number of rotatable bonds is 8. The van der Waals surface area contributed by atoms with E-state index in [0.717, 1.165) is 45.9 Å². The number of nitrogens with zero attached hydrogens (tertiary/aromatic N) is 3. The van der Waals surface area contributed by atoms with Crippen LogP contribution in [0.15, 0.2) is 48.1 Å². The molecular weight excluding hydrogens is 420 g/mol. The Kier molecular flexibility index (Phi) is 6.46. The molecule has 4 aromatic rings. The second kappa shape index (κ2) is 9.44. The Morgan fingerprint density at radius 2 is 1.75 bits per heavy atom. The summed E-state index contributed by atoms with van der Waals surface area (Å²) in [5.41, 5.74) is 5.52. The molecule has 0 amide bonds. The van der Waals surface area contributed by atoms with E-state index in [0.29, 0.717) is 11.5 Å². The minimum atomic E-state index is 0.693. The van der Waals surface area contributed by atoms with Gasteiger partial charge in [-0.15, -0.1) is 11.3 Å². The van der Waals surface area contributed by atoms with Gasteiger partial charge in [0.2, 0.25) is 0 Å². The Morgan fingerprint density at radius 3 is 2.44 bits per heavy atom. The molecule has 166 valence electrons. The standard InChI is InChI=1S/C25H28N4O2S/c1-6-29(7-2)18-9-10-20(16(3)12-18)28-24-23-19(14-32-25(23)27-15-26-24)17-8-11-21(30-4)22(13-17)31-5/h8-15H,6-7H2,1-5H3,(H,26,27,28). The van der Waals surface area contributed by atoms with E-state index in [1.807, 2.05) is 18.2 Å². The van der Waals surface area contributed by atoms with Gasteiger partial charge in [-0.3, -0.25) is 0 Å². The summed E-state index contributed by atoms with van der Waals surface area (Å²) in [5, 5.41) is 6.66. The number of thiophene rings is 1. The summed E-state index contributed by atoms with van der Waals surface area (Å²) in [4.78, 5) is 12.4. The van der Waals surface area contributed by atoms with Crippen LogP contribution in [0, 0.1) is 6.92 Å². The minimum absolute atomic E-state index is 0.693. The van der Waals surface area contributed by atoms with E-state index in [1.54, 1.807) is 31.9 Å². The van der Waals surface area contributed by atoms with Crippen molar-refractivity contribution in [2.24, 2.45) is 0 Å². The highest BCUT2D eigenvalue weighted by atomic mass is 32.1. The predicted octanol–water partition coefficient (Wildman–Crippen LogP) is 6.27. The highest BCUT2D eigenvalue weighted by molar-refractivity contribution is 7.17. The first kappa shape index (κ1) is 21.9. The van der Waals surface area contributed by atoms with Crippen LogP contribution in [0.3, 0.4) is 0 Å². The van der Waals surface area contributed by atoms with Gasteiger partial charge in [-0.2, -0.15) is 0 Å². The van der Waals surface area contributed by atoms with Crippen molar-refractivity contribution in [1.29, 1.82) is 0 Å². The van der Waals surface area contributed by atoms with Crippen LogP contribution in [0.5, 0.6) is 11.5 Å². The van der Waals surface area contributed by atoms with Crippen LogP contribution in [-0.2, 0) is 0 Å². The Balaban J connectivity index is 1.75. The lowest BCUT2D eigenvalue weighted by Crippen LogP contribution is -2.21. The number of hydrogen-bond acceptors (Lipinski definition) is 7. The van der Waals surface area contributed by atoms with Crippen molar-refractivity contribution in [3.63, 3.8) is 0 Å². The molecule has 0 radical (unpaired) electrons. The number of aromatic nitrogens is 2. The highest BCUT2D eigenvalue weighted by Crippen LogP contribution is 2.40. The largest absolute Gasteiger partial charge is 0.493 e. The molecule has 0 aliphatic carbocycles. The molecule has 0 fully saturated rings. The van der Waals surface area contributed by atoms with E-state index >= 15 is 0 Å². The maximum absolute atomic E-state index is 5.51. The predicted molar refractivity (Wildman–Crippen MR) is 134 cm³/mol. The van der Waals surface area contributed by atoms with Gasteiger partial charge in [-0.1, -0.05) is 6.07 Å². The van der Waals surface area contributed by atoms with Crippen molar-refractivity contribution in [2.75, 3.05) is 37.5 Å². The number of fused-ring (bicyclic) bond motifs is 1. The minimum Gasteiger partial charge on any atom is -0.493 e. The molecule has 0 bridgehead atoms. The van der Waals surface area contributed by atoms with Crippen molar-refractivity contribution < 1.29 is 9.47 Å². The highest BCUT2D eigenvalue weighted by Gasteiger charge is 2.16. The third kappa shape index (κ3) is 4.08. The molecule has 2 aromatic carbocycles. The normalized spacial score (nSPS) is 10.9. The van der Waals surface area contributed by atoms with Gasteiger partial charge in [0.1, 0.15) is 17.0 Å². The van der Waals surface area contributed by atoms with E-state index in [1.165, 1.54) is 11.3 Å². The number of hydrogen-bond donors (Lipinski definition) is 1. The fourth-order valence-corrected chi connectivity index (χ4v) is 4.80. The van der Waals surface area contributed by atoms with Crippen molar-refractivity contribution >= 4 is 38.7 Å². The topological polar surface area (TPSA) is 59.5 Å². The maximum Gasteiger partial charge on any atom is 0.161 e. The Morgan fingerprint density at radius 1 is 0.969 bits per heavy atom. The average Bonchev–Trinajstić information content (AvgIpc) is 3.26. The monoisotopic (exact) mass is 448 g/mol.